The van der Waals surface area contributed by atoms with Crippen LogP contribution in [0, 0.1) is 0 Å². The molecule has 0 bridgehead atoms. The molecule has 4 heteroatoms. The van der Waals surface area contributed by atoms with Crippen LogP contribution in [0.2, 0.25) is 0 Å². The molecule has 1 aliphatic rings. The van der Waals surface area contributed by atoms with E-state index in [0.717, 1.165) is 36.2 Å². The lowest BCUT2D eigenvalue weighted by Crippen LogP contribution is -2.04. The molecular formula is C13H14O4. The van der Waals surface area contributed by atoms with E-state index in [-0.39, 0.29) is 5.97 Å². The molecule has 1 aliphatic heterocycles. The molecule has 2 rings (SSSR count). The van der Waals surface area contributed by atoms with Gasteiger partial charge in [-0.25, -0.2) is 4.79 Å². The third-order valence-corrected chi connectivity index (χ3v) is 2.31. The van der Waals surface area contributed by atoms with Gasteiger partial charge in [-0.2, -0.15) is 0 Å². The molecule has 0 saturated heterocycles. The van der Waals surface area contributed by atoms with Crippen molar-refractivity contribution in [3.8, 4) is 17.2 Å². The second-order valence-corrected chi connectivity index (χ2v) is 3.64. The van der Waals surface area contributed by atoms with Crippen LogP contribution in [-0.4, -0.2) is 19.2 Å². The lowest BCUT2D eigenvalue weighted by molar-refractivity contribution is -0.137. The largest absolute Gasteiger partial charge is 0.493 e. The molecule has 1 aromatic rings. The molecule has 0 saturated carbocycles. The summed E-state index contributed by atoms with van der Waals surface area (Å²) < 4.78 is 15.5. The van der Waals surface area contributed by atoms with E-state index >= 15 is 0 Å². The molecule has 1 heterocycles. The van der Waals surface area contributed by atoms with Gasteiger partial charge in [0.1, 0.15) is 5.75 Å². The first kappa shape index (κ1) is 11.5. The fourth-order valence-electron chi connectivity index (χ4n) is 1.36. The van der Waals surface area contributed by atoms with E-state index < -0.39 is 0 Å². The van der Waals surface area contributed by atoms with Crippen LogP contribution in [0.25, 0.3) is 0 Å². The Hall–Kier alpha value is -1.97. The Kier molecular flexibility index (Phi) is 3.65. The van der Waals surface area contributed by atoms with Gasteiger partial charge >= 0.3 is 5.97 Å². The van der Waals surface area contributed by atoms with Gasteiger partial charge in [0.2, 0.25) is 0 Å². The molecule has 0 atom stereocenters. The maximum Gasteiger partial charge on any atom is 0.330 e. The molecule has 0 aliphatic carbocycles. The Labute approximate surface area is 99.8 Å². The molecule has 0 amide bonds. The zero-order chi connectivity index (χ0) is 12.1. The second kappa shape index (κ2) is 5.39. The fourth-order valence-corrected chi connectivity index (χ4v) is 1.36. The Morgan fingerprint density at radius 3 is 2.88 bits per heavy atom. The van der Waals surface area contributed by atoms with Crippen molar-refractivity contribution in [1.82, 2.24) is 0 Å². The quantitative estimate of drug-likeness (QED) is 0.320. The number of rotatable bonds is 7. The summed E-state index contributed by atoms with van der Waals surface area (Å²) >= 11 is 0. The lowest BCUT2D eigenvalue weighted by atomic mass is 10.3. The third-order valence-electron chi connectivity index (χ3n) is 2.31. The molecule has 90 valence electrons. The number of hydrogen-bond donors (Lipinski definition) is 0. The number of esters is 1. The third kappa shape index (κ3) is 3.52. The highest BCUT2D eigenvalue weighted by Crippen LogP contribution is 2.46. The maximum absolute atomic E-state index is 10.7. The summed E-state index contributed by atoms with van der Waals surface area (Å²) in [6, 6.07) is 5.63. The van der Waals surface area contributed by atoms with Gasteiger partial charge in [-0.3, -0.25) is 0 Å². The first-order chi connectivity index (χ1) is 8.29. The van der Waals surface area contributed by atoms with Crippen molar-refractivity contribution in [3.05, 3.63) is 30.9 Å². The first-order valence-electron chi connectivity index (χ1n) is 5.53. The smallest absolute Gasteiger partial charge is 0.330 e. The molecule has 0 aromatic heterocycles. The Morgan fingerprint density at radius 1 is 1.29 bits per heavy atom. The van der Waals surface area contributed by atoms with Crippen LogP contribution in [0.1, 0.15) is 12.8 Å². The predicted molar refractivity (Wildman–Crippen MR) is 62.4 cm³/mol. The summed E-state index contributed by atoms with van der Waals surface area (Å²) in [5, 5.41) is 0. The molecule has 4 nitrogen and oxygen atoms in total. The van der Waals surface area contributed by atoms with Gasteiger partial charge in [0, 0.05) is 12.1 Å². The molecule has 17 heavy (non-hydrogen) atoms. The normalized spacial score (nSPS) is 11.1. The topological polar surface area (TPSA) is 48.1 Å². The molecule has 0 radical (unpaired) electrons. The van der Waals surface area contributed by atoms with E-state index in [1.54, 1.807) is 0 Å². The highest BCUT2D eigenvalue weighted by atomic mass is 16.6. The zero-order valence-corrected chi connectivity index (χ0v) is 9.48. The predicted octanol–water partition coefficient (Wildman–Crippen LogP) is 2.68. The van der Waals surface area contributed by atoms with Crippen molar-refractivity contribution in [2.45, 2.75) is 12.8 Å². The summed E-state index contributed by atoms with van der Waals surface area (Å²) in [6.45, 7) is 4.32. The van der Waals surface area contributed by atoms with Gasteiger partial charge in [0.05, 0.1) is 13.2 Å². The summed E-state index contributed by atoms with van der Waals surface area (Å²) in [7, 11) is 0. The number of benzene rings is 1. The van der Waals surface area contributed by atoms with Gasteiger partial charge in [-0.1, -0.05) is 6.58 Å². The van der Waals surface area contributed by atoms with E-state index in [9.17, 15) is 4.79 Å². The van der Waals surface area contributed by atoms with Gasteiger partial charge in [0.25, 0.3) is 0 Å². The van der Waals surface area contributed by atoms with Gasteiger partial charge in [-0.15, -0.1) is 0 Å². The van der Waals surface area contributed by atoms with E-state index in [4.69, 9.17) is 14.2 Å². The maximum atomic E-state index is 10.7. The number of carbonyl (C=O) groups is 1. The van der Waals surface area contributed by atoms with Crippen LogP contribution in [0.4, 0.5) is 0 Å². The van der Waals surface area contributed by atoms with Crippen molar-refractivity contribution in [2.24, 2.45) is 0 Å². The van der Waals surface area contributed by atoms with Crippen molar-refractivity contribution < 1.29 is 19.0 Å². The first-order valence-corrected chi connectivity index (χ1v) is 5.53. The van der Waals surface area contributed by atoms with Crippen molar-refractivity contribution in [2.75, 3.05) is 13.2 Å². The van der Waals surface area contributed by atoms with E-state index in [1.807, 2.05) is 18.2 Å². The van der Waals surface area contributed by atoms with Crippen molar-refractivity contribution in [1.29, 1.82) is 0 Å². The Balaban J connectivity index is 1.55. The van der Waals surface area contributed by atoms with Crippen LogP contribution >= 0.6 is 0 Å². The minimum Gasteiger partial charge on any atom is -0.493 e. The summed E-state index contributed by atoms with van der Waals surface area (Å²) in [5.74, 6) is 2.25. The van der Waals surface area contributed by atoms with Crippen LogP contribution in [0.5, 0.6) is 17.2 Å². The number of hydrogen-bond acceptors (Lipinski definition) is 4. The monoisotopic (exact) mass is 234 g/mol. The van der Waals surface area contributed by atoms with E-state index in [1.165, 1.54) is 0 Å². The number of carbonyl (C=O) groups excluding carboxylic acids is 1. The molecular weight excluding hydrogens is 220 g/mol. The number of fused-ring (bicyclic) bond motifs is 1. The van der Waals surface area contributed by atoms with Gasteiger partial charge in [0.15, 0.2) is 11.5 Å². The lowest BCUT2D eigenvalue weighted by Gasteiger charge is -2.05. The standard InChI is InChI=1S/C13H14O4/c1-2-13(14)16-8-4-3-7-15-10-5-6-11-12(9-10)17-11/h2,5-6,9H,1,3-4,7-8H2. The number of unbranched alkanes of at least 4 members (excludes halogenated alkanes) is 1. The van der Waals surface area contributed by atoms with E-state index in [2.05, 4.69) is 6.58 Å². The Bertz CT molecular complexity index is 425. The van der Waals surface area contributed by atoms with Crippen molar-refractivity contribution in [3.63, 3.8) is 0 Å². The fraction of sp³-hybridized carbons (Fsp3) is 0.308. The van der Waals surface area contributed by atoms with Gasteiger partial charge in [-0.05, 0) is 25.0 Å². The molecule has 1 aromatic carbocycles. The molecule has 0 fully saturated rings. The summed E-state index contributed by atoms with van der Waals surface area (Å²) in [6.07, 6.45) is 2.78. The highest BCUT2D eigenvalue weighted by Gasteiger charge is 2.19. The molecule has 0 spiro atoms. The SMILES string of the molecule is C=CC(=O)OCCCCOc1ccc2c(c1)O2. The summed E-state index contributed by atoms with van der Waals surface area (Å²) in [5.41, 5.74) is 0. The number of ether oxygens (including phenoxy) is 3. The Morgan fingerprint density at radius 2 is 2.12 bits per heavy atom. The average Bonchev–Trinajstić information content (AvgIpc) is 3.11. The van der Waals surface area contributed by atoms with Crippen LogP contribution < -0.4 is 9.47 Å². The highest BCUT2D eigenvalue weighted by molar-refractivity contribution is 5.81. The average molecular weight is 234 g/mol. The van der Waals surface area contributed by atoms with Crippen LogP contribution in [0.3, 0.4) is 0 Å². The minimum atomic E-state index is -0.380. The van der Waals surface area contributed by atoms with Crippen molar-refractivity contribution >= 4 is 5.97 Å². The van der Waals surface area contributed by atoms with Crippen LogP contribution in [0.15, 0.2) is 30.9 Å². The second-order valence-electron chi connectivity index (χ2n) is 3.64. The molecule has 0 unspecified atom stereocenters. The zero-order valence-electron chi connectivity index (χ0n) is 9.48. The summed E-state index contributed by atoms with van der Waals surface area (Å²) in [4.78, 5) is 10.7. The van der Waals surface area contributed by atoms with Crippen LogP contribution in [-0.2, 0) is 9.53 Å². The molecule has 0 N–H and O–H groups in total. The minimum absolute atomic E-state index is 0.380. The van der Waals surface area contributed by atoms with E-state index in [0.29, 0.717) is 13.2 Å². The van der Waals surface area contributed by atoms with Gasteiger partial charge < -0.3 is 14.2 Å².